The van der Waals surface area contributed by atoms with Gasteiger partial charge in [-0.1, -0.05) is 123 Å². The standard InChI is InChI=1S/C24H48O3/c1-3-5-7-9-11-12-13-14-15-16-18-20-22-27-24(26)23(25)21-19-17-10-8-6-4-2/h23,25H,3-22H2,1-2H3. The van der Waals surface area contributed by atoms with Crippen LogP contribution in [0, 0.1) is 0 Å². The Kier molecular flexibility index (Phi) is 21.3. The van der Waals surface area contributed by atoms with E-state index in [0.717, 1.165) is 25.7 Å². The average molecular weight is 385 g/mol. The third kappa shape index (κ3) is 20.0. The van der Waals surface area contributed by atoms with Gasteiger partial charge in [0, 0.05) is 0 Å². The summed E-state index contributed by atoms with van der Waals surface area (Å²) in [6.45, 7) is 4.93. The third-order valence-electron chi connectivity index (χ3n) is 5.35. The SMILES string of the molecule is CCCCCCCCCCCCCCOC(=O)C(O)CCCCCCCC. The maximum Gasteiger partial charge on any atom is 0.334 e. The predicted octanol–water partition coefficient (Wildman–Crippen LogP) is 7.34. The molecule has 0 aliphatic heterocycles. The molecule has 0 aromatic heterocycles. The Bertz CT molecular complexity index is 304. The lowest BCUT2D eigenvalue weighted by atomic mass is 10.1. The molecule has 0 saturated carbocycles. The molecule has 0 aromatic carbocycles. The molecule has 0 amide bonds. The van der Waals surface area contributed by atoms with Crippen LogP contribution in [0.2, 0.25) is 0 Å². The number of aliphatic hydroxyl groups excluding tert-OH is 1. The Balaban J connectivity index is 3.28. The van der Waals surface area contributed by atoms with Crippen molar-refractivity contribution in [3.63, 3.8) is 0 Å². The Labute approximate surface area is 169 Å². The number of rotatable bonds is 21. The predicted molar refractivity (Wildman–Crippen MR) is 116 cm³/mol. The van der Waals surface area contributed by atoms with E-state index in [1.807, 2.05) is 0 Å². The van der Waals surface area contributed by atoms with Crippen LogP contribution < -0.4 is 0 Å². The minimum atomic E-state index is -0.923. The summed E-state index contributed by atoms with van der Waals surface area (Å²) in [6.07, 6.45) is 22.2. The monoisotopic (exact) mass is 384 g/mol. The highest BCUT2D eigenvalue weighted by atomic mass is 16.5. The summed E-state index contributed by atoms with van der Waals surface area (Å²) in [5, 5.41) is 9.84. The minimum Gasteiger partial charge on any atom is -0.464 e. The van der Waals surface area contributed by atoms with Gasteiger partial charge in [0.1, 0.15) is 0 Å². The highest BCUT2D eigenvalue weighted by molar-refractivity contribution is 5.74. The topological polar surface area (TPSA) is 46.5 Å². The Morgan fingerprint density at radius 3 is 1.44 bits per heavy atom. The van der Waals surface area contributed by atoms with Crippen LogP contribution in [-0.4, -0.2) is 23.8 Å². The van der Waals surface area contributed by atoms with Gasteiger partial charge in [-0.2, -0.15) is 0 Å². The summed E-state index contributed by atoms with van der Waals surface area (Å²) >= 11 is 0. The van der Waals surface area contributed by atoms with Crippen molar-refractivity contribution in [3.8, 4) is 0 Å². The first-order valence-electron chi connectivity index (χ1n) is 12.1. The van der Waals surface area contributed by atoms with Crippen LogP contribution >= 0.6 is 0 Å². The van der Waals surface area contributed by atoms with Gasteiger partial charge in [0.25, 0.3) is 0 Å². The zero-order chi connectivity index (χ0) is 20.0. The van der Waals surface area contributed by atoms with Crippen molar-refractivity contribution in [2.45, 2.75) is 142 Å². The second-order valence-corrected chi connectivity index (χ2v) is 8.13. The summed E-state index contributed by atoms with van der Waals surface area (Å²) in [4.78, 5) is 11.7. The fourth-order valence-corrected chi connectivity index (χ4v) is 3.45. The van der Waals surface area contributed by atoms with Crippen LogP contribution in [0.15, 0.2) is 0 Å². The molecule has 0 spiro atoms. The Morgan fingerprint density at radius 1 is 0.630 bits per heavy atom. The van der Waals surface area contributed by atoms with Crippen LogP contribution in [0.3, 0.4) is 0 Å². The Hall–Kier alpha value is -0.570. The molecule has 0 rings (SSSR count). The summed E-state index contributed by atoms with van der Waals surface area (Å²) < 4.78 is 5.20. The van der Waals surface area contributed by atoms with E-state index >= 15 is 0 Å². The molecule has 162 valence electrons. The quantitative estimate of drug-likeness (QED) is 0.166. The first-order valence-corrected chi connectivity index (χ1v) is 12.1. The normalized spacial score (nSPS) is 12.3. The van der Waals surface area contributed by atoms with Gasteiger partial charge in [-0.25, -0.2) is 4.79 Å². The largest absolute Gasteiger partial charge is 0.464 e. The van der Waals surface area contributed by atoms with Crippen molar-refractivity contribution in [1.82, 2.24) is 0 Å². The average Bonchev–Trinajstić information content (AvgIpc) is 2.67. The molecule has 0 heterocycles. The number of carbonyl (C=O) groups is 1. The van der Waals surface area contributed by atoms with Crippen molar-refractivity contribution >= 4 is 5.97 Å². The molecule has 0 radical (unpaired) electrons. The number of aliphatic hydroxyl groups is 1. The van der Waals surface area contributed by atoms with Gasteiger partial charge in [-0.05, 0) is 12.8 Å². The van der Waals surface area contributed by atoms with Crippen LogP contribution in [0.4, 0.5) is 0 Å². The smallest absolute Gasteiger partial charge is 0.334 e. The van der Waals surface area contributed by atoms with Crippen LogP contribution in [0.1, 0.15) is 136 Å². The van der Waals surface area contributed by atoms with E-state index in [1.165, 1.54) is 89.9 Å². The van der Waals surface area contributed by atoms with E-state index in [0.29, 0.717) is 13.0 Å². The number of ether oxygens (including phenoxy) is 1. The molecule has 0 aliphatic rings. The van der Waals surface area contributed by atoms with Gasteiger partial charge in [0.2, 0.25) is 0 Å². The third-order valence-corrected chi connectivity index (χ3v) is 5.35. The molecular formula is C24H48O3. The zero-order valence-corrected chi connectivity index (χ0v) is 18.5. The van der Waals surface area contributed by atoms with Crippen molar-refractivity contribution in [1.29, 1.82) is 0 Å². The maximum absolute atomic E-state index is 11.7. The summed E-state index contributed by atoms with van der Waals surface area (Å²) in [7, 11) is 0. The molecule has 3 heteroatoms. The first kappa shape index (κ1) is 26.4. The summed E-state index contributed by atoms with van der Waals surface area (Å²) in [5.41, 5.74) is 0. The van der Waals surface area contributed by atoms with Gasteiger partial charge >= 0.3 is 5.97 Å². The molecule has 0 aliphatic carbocycles. The van der Waals surface area contributed by atoms with E-state index in [9.17, 15) is 9.90 Å². The van der Waals surface area contributed by atoms with Gasteiger partial charge in [-0.3, -0.25) is 0 Å². The highest BCUT2D eigenvalue weighted by Crippen LogP contribution is 2.12. The molecule has 0 saturated heterocycles. The fourth-order valence-electron chi connectivity index (χ4n) is 3.45. The van der Waals surface area contributed by atoms with Gasteiger partial charge < -0.3 is 9.84 Å². The maximum atomic E-state index is 11.7. The van der Waals surface area contributed by atoms with Crippen molar-refractivity contribution in [2.75, 3.05) is 6.61 Å². The molecule has 1 N–H and O–H groups in total. The van der Waals surface area contributed by atoms with E-state index in [4.69, 9.17) is 4.74 Å². The molecule has 0 aromatic rings. The van der Waals surface area contributed by atoms with Crippen molar-refractivity contribution in [3.05, 3.63) is 0 Å². The van der Waals surface area contributed by atoms with Gasteiger partial charge in [-0.15, -0.1) is 0 Å². The first-order chi connectivity index (χ1) is 13.2. The number of carbonyl (C=O) groups excluding carboxylic acids is 1. The molecule has 3 nitrogen and oxygen atoms in total. The highest BCUT2D eigenvalue weighted by Gasteiger charge is 2.15. The number of esters is 1. The van der Waals surface area contributed by atoms with Crippen molar-refractivity contribution < 1.29 is 14.6 Å². The van der Waals surface area contributed by atoms with Crippen LogP contribution in [0.25, 0.3) is 0 Å². The van der Waals surface area contributed by atoms with E-state index in [1.54, 1.807) is 0 Å². The number of hydrogen-bond acceptors (Lipinski definition) is 3. The number of hydrogen-bond donors (Lipinski definition) is 1. The second kappa shape index (κ2) is 21.7. The van der Waals surface area contributed by atoms with E-state index < -0.39 is 12.1 Å². The molecular weight excluding hydrogens is 336 g/mol. The fraction of sp³-hybridized carbons (Fsp3) is 0.958. The summed E-state index contributed by atoms with van der Waals surface area (Å²) in [5.74, 6) is -0.424. The molecule has 0 fully saturated rings. The van der Waals surface area contributed by atoms with Crippen molar-refractivity contribution in [2.24, 2.45) is 0 Å². The van der Waals surface area contributed by atoms with Crippen LogP contribution in [-0.2, 0) is 9.53 Å². The van der Waals surface area contributed by atoms with Gasteiger partial charge in [0.15, 0.2) is 6.10 Å². The molecule has 1 unspecified atom stereocenters. The minimum absolute atomic E-state index is 0.424. The molecule has 1 atom stereocenters. The number of unbranched alkanes of at least 4 members (excludes halogenated alkanes) is 16. The second-order valence-electron chi connectivity index (χ2n) is 8.13. The Morgan fingerprint density at radius 2 is 1.00 bits per heavy atom. The summed E-state index contributed by atoms with van der Waals surface area (Å²) in [6, 6.07) is 0. The lowest BCUT2D eigenvalue weighted by molar-refractivity contribution is -0.154. The molecule has 27 heavy (non-hydrogen) atoms. The van der Waals surface area contributed by atoms with E-state index in [2.05, 4.69) is 13.8 Å². The lowest BCUT2D eigenvalue weighted by Gasteiger charge is -2.10. The van der Waals surface area contributed by atoms with E-state index in [-0.39, 0.29) is 0 Å². The van der Waals surface area contributed by atoms with Gasteiger partial charge in [0.05, 0.1) is 6.61 Å². The lowest BCUT2D eigenvalue weighted by Crippen LogP contribution is -2.23. The molecule has 0 bridgehead atoms. The van der Waals surface area contributed by atoms with Crippen LogP contribution in [0.5, 0.6) is 0 Å². The zero-order valence-electron chi connectivity index (χ0n) is 18.5.